The number of nitrogens with zero attached hydrogens (tertiary/aromatic N) is 4. The van der Waals surface area contributed by atoms with Crippen LogP contribution >= 0.6 is 0 Å². The summed E-state index contributed by atoms with van der Waals surface area (Å²) in [6.45, 7) is 5.89. The van der Waals surface area contributed by atoms with Crippen molar-refractivity contribution in [3.05, 3.63) is 11.9 Å². The molecule has 2 rings (SSSR count). The molecule has 2 heterocycles. The number of aromatic nitrogens is 2. The van der Waals surface area contributed by atoms with Crippen molar-refractivity contribution in [1.29, 1.82) is 0 Å². The fourth-order valence-electron chi connectivity index (χ4n) is 2.45. The SMILES string of the molecule is CCNc1cc(N2CCN(C(=O)CC(F)(F)F)CC2)nc(C)n1. The zero-order valence-corrected chi connectivity index (χ0v) is 13.2. The van der Waals surface area contributed by atoms with E-state index < -0.39 is 18.5 Å². The largest absolute Gasteiger partial charge is 0.397 e. The second kappa shape index (κ2) is 7.01. The predicted molar refractivity (Wildman–Crippen MR) is 80.4 cm³/mol. The molecule has 1 fully saturated rings. The number of aryl methyl sites for hydroxylation is 1. The third-order valence-corrected chi connectivity index (χ3v) is 3.49. The number of carbonyl (C=O) groups excluding carboxylic acids is 1. The van der Waals surface area contributed by atoms with E-state index in [4.69, 9.17) is 0 Å². The molecule has 0 atom stereocenters. The average molecular weight is 331 g/mol. The second-order valence-electron chi connectivity index (χ2n) is 5.35. The standard InChI is InChI=1S/C14H20F3N5O/c1-3-18-11-8-12(20-10(2)19-11)21-4-6-22(7-5-21)13(23)9-14(15,16)17/h8H,3-7,9H2,1-2H3,(H,18,19,20). The van der Waals surface area contributed by atoms with Gasteiger partial charge in [0.25, 0.3) is 0 Å². The molecule has 0 bridgehead atoms. The van der Waals surface area contributed by atoms with Crippen LogP contribution in [0.2, 0.25) is 0 Å². The van der Waals surface area contributed by atoms with Crippen LogP contribution in [0, 0.1) is 6.92 Å². The molecule has 1 aliphatic heterocycles. The van der Waals surface area contributed by atoms with Crippen LogP contribution in [0.5, 0.6) is 0 Å². The Bertz CT molecular complexity index is 556. The molecule has 1 aliphatic rings. The van der Waals surface area contributed by atoms with Gasteiger partial charge in [-0.05, 0) is 13.8 Å². The molecule has 0 aromatic carbocycles. The first-order valence-corrected chi connectivity index (χ1v) is 7.47. The third kappa shape index (κ3) is 4.97. The summed E-state index contributed by atoms with van der Waals surface area (Å²) in [6.07, 6.45) is -5.86. The van der Waals surface area contributed by atoms with Gasteiger partial charge in [0.2, 0.25) is 5.91 Å². The second-order valence-corrected chi connectivity index (χ2v) is 5.35. The summed E-state index contributed by atoms with van der Waals surface area (Å²) >= 11 is 0. The normalized spacial score (nSPS) is 15.7. The maximum Gasteiger partial charge on any atom is 0.397 e. The summed E-state index contributed by atoms with van der Waals surface area (Å²) in [4.78, 5) is 23.4. The van der Waals surface area contributed by atoms with Gasteiger partial charge in [-0.1, -0.05) is 0 Å². The number of hydrogen-bond acceptors (Lipinski definition) is 5. The van der Waals surface area contributed by atoms with Crippen molar-refractivity contribution in [2.75, 3.05) is 42.9 Å². The number of nitrogens with one attached hydrogen (secondary N) is 1. The molecule has 0 spiro atoms. The number of halogens is 3. The Labute approximate surface area is 132 Å². The van der Waals surface area contributed by atoms with Crippen molar-refractivity contribution in [3.63, 3.8) is 0 Å². The van der Waals surface area contributed by atoms with E-state index in [0.717, 1.165) is 12.4 Å². The molecule has 1 amide bonds. The van der Waals surface area contributed by atoms with Crippen LogP contribution in [0.1, 0.15) is 19.2 Å². The van der Waals surface area contributed by atoms with Gasteiger partial charge in [0.05, 0.1) is 0 Å². The molecule has 128 valence electrons. The molecule has 1 aromatic heterocycles. The number of amides is 1. The fraction of sp³-hybridized carbons (Fsp3) is 0.643. The average Bonchev–Trinajstić information content (AvgIpc) is 2.45. The minimum Gasteiger partial charge on any atom is -0.370 e. The Kier molecular flexibility index (Phi) is 5.27. The van der Waals surface area contributed by atoms with Crippen molar-refractivity contribution in [2.24, 2.45) is 0 Å². The summed E-state index contributed by atoms with van der Waals surface area (Å²) in [6, 6.07) is 1.81. The highest BCUT2D eigenvalue weighted by molar-refractivity contribution is 5.77. The molecule has 23 heavy (non-hydrogen) atoms. The molecule has 9 heteroatoms. The van der Waals surface area contributed by atoms with Crippen LogP contribution in [0.25, 0.3) is 0 Å². The van der Waals surface area contributed by atoms with E-state index in [0.29, 0.717) is 24.7 Å². The highest BCUT2D eigenvalue weighted by Gasteiger charge is 2.34. The van der Waals surface area contributed by atoms with Crippen molar-refractivity contribution in [2.45, 2.75) is 26.4 Å². The van der Waals surface area contributed by atoms with Gasteiger partial charge < -0.3 is 15.1 Å². The van der Waals surface area contributed by atoms with Crippen LogP contribution in [0.15, 0.2) is 6.07 Å². The van der Waals surface area contributed by atoms with Crippen LogP contribution in [-0.4, -0.2) is 59.7 Å². The van der Waals surface area contributed by atoms with Crippen LogP contribution < -0.4 is 10.2 Å². The molecular formula is C14H20F3N5O. The summed E-state index contributed by atoms with van der Waals surface area (Å²) in [5, 5.41) is 3.11. The maximum absolute atomic E-state index is 12.3. The Morgan fingerprint density at radius 3 is 2.48 bits per heavy atom. The number of rotatable bonds is 4. The first-order chi connectivity index (χ1) is 10.8. The van der Waals surface area contributed by atoms with Gasteiger partial charge in [-0.15, -0.1) is 0 Å². The van der Waals surface area contributed by atoms with Gasteiger partial charge in [0, 0.05) is 38.8 Å². The zero-order chi connectivity index (χ0) is 17.0. The highest BCUT2D eigenvalue weighted by atomic mass is 19.4. The van der Waals surface area contributed by atoms with Gasteiger partial charge >= 0.3 is 6.18 Å². The minimum atomic E-state index is -4.46. The Morgan fingerprint density at radius 2 is 1.91 bits per heavy atom. The van der Waals surface area contributed by atoms with E-state index in [1.165, 1.54) is 4.90 Å². The van der Waals surface area contributed by atoms with Crippen molar-refractivity contribution in [3.8, 4) is 0 Å². The lowest BCUT2D eigenvalue weighted by molar-refractivity contribution is -0.161. The van der Waals surface area contributed by atoms with Crippen LogP contribution in [0.3, 0.4) is 0 Å². The highest BCUT2D eigenvalue weighted by Crippen LogP contribution is 2.22. The van der Waals surface area contributed by atoms with Crippen LogP contribution in [-0.2, 0) is 4.79 Å². The minimum absolute atomic E-state index is 0.258. The van der Waals surface area contributed by atoms with Gasteiger partial charge in [-0.25, -0.2) is 9.97 Å². The summed E-state index contributed by atoms with van der Waals surface area (Å²) in [5.74, 6) is 1.18. The van der Waals surface area contributed by atoms with E-state index in [9.17, 15) is 18.0 Å². The summed E-state index contributed by atoms with van der Waals surface area (Å²) < 4.78 is 36.8. The quantitative estimate of drug-likeness (QED) is 0.912. The lowest BCUT2D eigenvalue weighted by atomic mass is 10.2. The third-order valence-electron chi connectivity index (χ3n) is 3.49. The lowest BCUT2D eigenvalue weighted by Crippen LogP contribution is -2.49. The lowest BCUT2D eigenvalue weighted by Gasteiger charge is -2.35. The molecular weight excluding hydrogens is 311 g/mol. The molecule has 0 aliphatic carbocycles. The molecule has 1 aromatic rings. The topological polar surface area (TPSA) is 61.4 Å². The summed E-state index contributed by atoms with van der Waals surface area (Å²) in [5.41, 5.74) is 0. The number of piperazine rings is 1. The number of hydrogen-bond donors (Lipinski definition) is 1. The Balaban J connectivity index is 1.98. The molecule has 0 unspecified atom stereocenters. The number of anilines is 2. The molecule has 1 N–H and O–H groups in total. The van der Waals surface area contributed by atoms with E-state index >= 15 is 0 Å². The fourth-order valence-corrected chi connectivity index (χ4v) is 2.45. The smallest absolute Gasteiger partial charge is 0.370 e. The first kappa shape index (κ1) is 17.3. The molecule has 1 saturated heterocycles. The molecule has 6 nitrogen and oxygen atoms in total. The van der Waals surface area contributed by atoms with Gasteiger partial charge in [-0.3, -0.25) is 4.79 Å². The Morgan fingerprint density at radius 1 is 1.26 bits per heavy atom. The van der Waals surface area contributed by atoms with E-state index in [2.05, 4.69) is 15.3 Å². The zero-order valence-electron chi connectivity index (χ0n) is 13.2. The molecule has 0 radical (unpaired) electrons. The summed E-state index contributed by atoms with van der Waals surface area (Å²) in [7, 11) is 0. The van der Waals surface area contributed by atoms with E-state index in [-0.39, 0.29) is 13.1 Å². The number of alkyl halides is 3. The van der Waals surface area contributed by atoms with E-state index in [1.54, 1.807) is 6.92 Å². The van der Waals surface area contributed by atoms with Crippen LogP contribution in [0.4, 0.5) is 24.8 Å². The Hall–Kier alpha value is -2.06. The predicted octanol–water partition coefficient (Wildman–Crippen LogP) is 1.82. The van der Waals surface area contributed by atoms with E-state index in [1.807, 2.05) is 17.9 Å². The number of carbonyl (C=O) groups is 1. The first-order valence-electron chi connectivity index (χ1n) is 7.47. The van der Waals surface area contributed by atoms with Gasteiger partial charge in [0.15, 0.2) is 0 Å². The van der Waals surface area contributed by atoms with Gasteiger partial charge in [-0.2, -0.15) is 13.2 Å². The van der Waals surface area contributed by atoms with Crippen molar-refractivity contribution in [1.82, 2.24) is 14.9 Å². The van der Waals surface area contributed by atoms with Crippen molar-refractivity contribution >= 4 is 17.5 Å². The monoisotopic (exact) mass is 331 g/mol. The molecule has 0 saturated carbocycles. The maximum atomic E-state index is 12.3. The van der Waals surface area contributed by atoms with Crippen molar-refractivity contribution < 1.29 is 18.0 Å². The van der Waals surface area contributed by atoms with Gasteiger partial charge in [0.1, 0.15) is 23.9 Å².